The lowest BCUT2D eigenvalue weighted by Gasteiger charge is -2.36. The molecule has 196 valence electrons. The predicted molar refractivity (Wildman–Crippen MR) is 140 cm³/mol. The molecule has 0 spiro atoms. The number of benzene rings is 2. The largest absolute Gasteiger partial charge is 0.434 e. The monoisotopic (exact) mass is 518 g/mol. The SMILES string of the molecule is Cc1cc(-c2cnc3c(NCC4CN(C)C4)cc(Oc4cccc(F)c4F)nn23)ccc1C(=O)NC1CC1. The number of nitrogens with zero attached hydrogens (tertiary/aromatic N) is 4. The molecule has 6 rings (SSSR count). The normalized spacial score (nSPS) is 15.9. The summed E-state index contributed by atoms with van der Waals surface area (Å²) < 4.78 is 35.5. The van der Waals surface area contributed by atoms with Crippen molar-refractivity contribution in [1.82, 2.24) is 24.8 Å². The number of hydrogen-bond donors (Lipinski definition) is 2. The molecule has 1 saturated carbocycles. The van der Waals surface area contributed by atoms with E-state index in [1.54, 1.807) is 22.8 Å². The summed E-state index contributed by atoms with van der Waals surface area (Å²) in [5, 5.41) is 11.0. The molecule has 2 aromatic heterocycles. The summed E-state index contributed by atoms with van der Waals surface area (Å²) in [6.07, 6.45) is 3.75. The lowest BCUT2D eigenvalue weighted by molar-refractivity contribution is 0.0950. The molecule has 10 heteroatoms. The fourth-order valence-electron chi connectivity index (χ4n) is 4.78. The second-order valence-electron chi connectivity index (χ2n) is 10.2. The van der Waals surface area contributed by atoms with Crippen molar-refractivity contribution < 1.29 is 18.3 Å². The molecule has 1 aliphatic heterocycles. The molecule has 38 heavy (non-hydrogen) atoms. The quantitative estimate of drug-likeness (QED) is 0.354. The van der Waals surface area contributed by atoms with Gasteiger partial charge in [0, 0.05) is 48.8 Å². The highest BCUT2D eigenvalue weighted by molar-refractivity contribution is 5.96. The van der Waals surface area contributed by atoms with Crippen molar-refractivity contribution in [2.45, 2.75) is 25.8 Å². The van der Waals surface area contributed by atoms with E-state index >= 15 is 0 Å². The summed E-state index contributed by atoms with van der Waals surface area (Å²) in [7, 11) is 2.07. The molecule has 0 bridgehead atoms. The van der Waals surface area contributed by atoms with Gasteiger partial charge in [0.25, 0.3) is 5.91 Å². The number of aromatic nitrogens is 3. The summed E-state index contributed by atoms with van der Waals surface area (Å²) in [5.74, 6) is -1.83. The van der Waals surface area contributed by atoms with Crippen LogP contribution < -0.4 is 15.4 Å². The number of carbonyl (C=O) groups excluding carboxylic acids is 1. The van der Waals surface area contributed by atoms with E-state index in [4.69, 9.17) is 4.74 Å². The van der Waals surface area contributed by atoms with Crippen molar-refractivity contribution in [3.63, 3.8) is 0 Å². The molecule has 4 aromatic rings. The zero-order valence-corrected chi connectivity index (χ0v) is 21.2. The molecule has 3 heterocycles. The first-order valence-corrected chi connectivity index (χ1v) is 12.7. The first-order chi connectivity index (χ1) is 18.4. The van der Waals surface area contributed by atoms with E-state index < -0.39 is 11.6 Å². The van der Waals surface area contributed by atoms with Gasteiger partial charge in [0.2, 0.25) is 11.7 Å². The third-order valence-corrected chi connectivity index (χ3v) is 6.98. The van der Waals surface area contributed by atoms with Gasteiger partial charge >= 0.3 is 0 Å². The highest BCUT2D eigenvalue weighted by Crippen LogP contribution is 2.31. The van der Waals surface area contributed by atoms with Gasteiger partial charge in [0.15, 0.2) is 17.2 Å². The van der Waals surface area contributed by atoms with Crippen molar-refractivity contribution in [3.8, 4) is 22.9 Å². The lowest BCUT2D eigenvalue weighted by atomic mass is 10.0. The Morgan fingerprint density at radius 3 is 2.71 bits per heavy atom. The average molecular weight is 519 g/mol. The molecule has 2 aromatic carbocycles. The van der Waals surface area contributed by atoms with Crippen molar-refractivity contribution in [2.75, 3.05) is 32.0 Å². The number of carbonyl (C=O) groups is 1. The molecule has 2 fully saturated rings. The van der Waals surface area contributed by atoms with Crippen LogP contribution in [0.5, 0.6) is 11.6 Å². The Morgan fingerprint density at radius 2 is 1.97 bits per heavy atom. The zero-order valence-electron chi connectivity index (χ0n) is 21.2. The van der Waals surface area contributed by atoms with Crippen molar-refractivity contribution in [2.24, 2.45) is 5.92 Å². The Balaban J connectivity index is 1.36. The molecule has 0 unspecified atom stereocenters. The van der Waals surface area contributed by atoms with E-state index in [1.165, 1.54) is 12.1 Å². The Morgan fingerprint density at radius 1 is 1.16 bits per heavy atom. The summed E-state index contributed by atoms with van der Waals surface area (Å²) >= 11 is 0. The van der Waals surface area contributed by atoms with Crippen LogP contribution in [0, 0.1) is 24.5 Å². The molecule has 8 nitrogen and oxygen atoms in total. The maximum atomic E-state index is 14.4. The van der Waals surface area contributed by atoms with E-state index in [2.05, 4.69) is 32.7 Å². The maximum absolute atomic E-state index is 14.4. The van der Waals surface area contributed by atoms with Gasteiger partial charge in [-0.3, -0.25) is 4.79 Å². The number of halogens is 2. The predicted octanol–water partition coefficient (Wildman–Crippen LogP) is 4.64. The molecule has 0 radical (unpaired) electrons. The second-order valence-corrected chi connectivity index (χ2v) is 10.2. The highest BCUT2D eigenvalue weighted by Gasteiger charge is 2.25. The Bertz CT molecular complexity index is 1530. The third-order valence-electron chi connectivity index (χ3n) is 6.98. The summed E-state index contributed by atoms with van der Waals surface area (Å²) in [6.45, 7) is 4.60. The molecule has 2 aliphatic rings. The second kappa shape index (κ2) is 9.68. The number of ether oxygens (including phenoxy) is 1. The van der Waals surface area contributed by atoms with Gasteiger partial charge in [-0.05, 0) is 56.6 Å². The smallest absolute Gasteiger partial charge is 0.251 e. The van der Waals surface area contributed by atoms with E-state index in [1.807, 2.05) is 19.1 Å². The number of likely N-dealkylation sites (tertiary alicyclic amines) is 1. The van der Waals surface area contributed by atoms with Crippen LogP contribution in [0.15, 0.2) is 48.7 Å². The van der Waals surface area contributed by atoms with Gasteiger partial charge in [-0.15, -0.1) is 5.10 Å². The van der Waals surface area contributed by atoms with Crippen LogP contribution in [-0.2, 0) is 0 Å². The van der Waals surface area contributed by atoms with Gasteiger partial charge in [-0.25, -0.2) is 13.9 Å². The molecule has 2 N–H and O–H groups in total. The van der Waals surface area contributed by atoms with Crippen LogP contribution in [0.4, 0.5) is 14.5 Å². The fourth-order valence-corrected chi connectivity index (χ4v) is 4.78. The summed E-state index contributed by atoms with van der Waals surface area (Å²) in [6, 6.07) is 11.3. The van der Waals surface area contributed by atoms with Gasteiger partial charge in [0.1, 0.15) is 0 Å². The van der Waals surface area contributed by atoms with Gasteiger partial charge in [-0.1, -0.05) is 12.1 Å². The highest BCUT2D eigenvalue weighted by atomic mass is 19.2. The van der Waals surface area contributed by atoms with Crippen molar-refractivity contribution in [1.29, 1.82) is 0 Å². The third kappa shape index (κ3) is 4.79. The number of nitrogens with one attached hydrogen (secondary N) is 2. The molecule has 1 saturated heterocycles. The number of imidazole rings is 1. The molecule has 1 amide bonds. The van der Waals surface area contributed by atoms with Gasteiger partial charge in [-0.2, -0.15) is 4.39 Å². The number of rotatable bonds is 8. The van der Waals surface area contributed by atoms with Crippen LogP contribution in [0.1, 0.15) is 28.8 Å². The molecule has 0 atom stereocenters. The van der Waals surface area contributed by atoms with Crippen LogP contribution in [-0.4, -0.2) is 58.1 Å². The molecular weight excluding hydrogens is 490 g/mol. The number of aryl methyl sites for hydroxylation is 1. The summed E-state index contributed by atoms with van der Waals surface area (Å²) in [5.41, 5.74) is 4.19. The summed E-state index contributed by atoms with van der Waals surface area (Å²) in [4.78, 5) is 19.4. The lowest BCUT2D eigenvalue weighted by Crippen LogP contribution is -2.46. The number of amides is 1. The Labute approximate surface area is 218 Å². The van der Waals surface area contributed by atoms with Crippen LogP contribution >= 0.6 is 0 Å². The first kappa shape index (κ1) is 24.3. The van der Waals surface area contributed by atoms with Crippen molar-refractivity contribution in [3.05, 3.63) is 71.4 Å². The van der Waals surface area contributed by atoms with E-state index in [0.717, 1.165) is 49.7 Å². The molecular formula is C28H28F2N6O2. The van der Waals surface area contributed by atoms with E-state index in [0.29, 0.717) is 28.5 Å². The average Bonchev–Trinajstić information content (AvgIpc) is 3.58. The maximum Gasteiger partial charge on any atom is 0.251 e. The van der Waals surface area contributed by atoms with Crippen LogP contribution in [0.2, 0.25) is 0 Å². The Kier molecular flexibility index (Phi) is 6.19. The van der Waals surface area contributed by atoms with Crippen molar-refractivity contribution >= 4 is 17.2 Å². The minimum absolute atomic E-state index is 0.0752. The van der Waals surface area contributed by atoms with E-state index in [-0.39, 0.29) is 23.6 Å². The zero-order chi connectivity index (χ0) is 26.4. The standard InChI is InChI=1S/C28H28F2N6O2/c1-16-10-18(6-9-20(16)28(37)33-19-7-8-19)23-13-32-27-22(31-12-17-14-35(2)15-17)11-25(34-36(23)27)38-24-5-3-4-21(29)26(24)30/h3-6,9-11,13,17,19,31H,7-8,12,14-15H2,1-2H3,(H,33,37). The minimum atomic E-state index is -1.08. The number of fused-ring (bicyclic) bond motifs is 1. The fraction of sp³-hybridized carbons (Fsp3) is 0.321. The van der Waals surface area contributed by atoms with Crippen LogP contribution in [0.3, 0.4) is 0 Å². The molecule has 1 aliphatic carbocycles. The number of hydrogen-bond acceptors (Lipinski definition) is 6. The van der Waals surface area contributed by atoms with Crippen LogP contribution in [0.25, 0.3) is 16.9 Å². The Hall–Kier alpha value is -4.05. The topological polar surface area (TPSA) is 83.8 Å². The van der Waals surface area contributed by atoms with Gasteiger partial charge < -0.3 is 20.3 Å². The first-order valence-electron chi connectivity index (χ1n) is 12.7. The minimum Gasteiger partial charge on any atom is -0.434 e. The van der Waals surface area contributed by atoms with E-state index in [9.17, 15) is 13.6 Å². The van der Waals surface area contributed by atoms with Gasteiger partial charge in [0.05, 0.1) is 17.6 Å². The number of anilines is 1.